The highest BCUT2D eigenvalue weighted by molar-refractivity contribution is 7.91. The summed E-state index contributed by atoms with van der Waals surface area (Å²) in [6, 6.07) is 4.70. The number of benzene rings is 1. The van der Waals surface area contributed by atoms with Gasteiger partial charge < -0.3 is 29.7 Å². The van der Waals surface area contributed by atoms with Gasteiger partial charge in [0, 0.05) is 35.6 Å². The second-order valence-electron chi connectivity index (χ2n) is 14.7. The predicted molar refractivity (Wildman–Crippen MR) is 200 cm³/mol. The number of carbonyl (C=O) groups is 4. The number of allylic oxidation sites excluding steroid dienone is 1. The standard InChI is InChI=1S/C38H47N7O9S/c1-4-53-32-19-31(26-14-15-30(52-3)22(2)33(26)41-32)54-24-18-29-35(47)42-38(37(49)44-55(50,51)25-12-13-25)20-23(38)10-8-6-5-7-9-11-28(36(48)45(29)21-24)40-34(46)27-16-17-39-43-27/h8,10,14-17,19,23-25,28-29H,4-7,9,11-13,18,20-21H2,1-3H3,(H,39,43)(H,40,46)(H,42,47)(H,44,49)/b10-8-/t23-,24-,28+,29+,38-/m1/s1. The zero-order valence-electron chi connectivity index (χ0n) is 31.1. The molecule has 16 nitrogen and oxygen atoms in total. The molecule has 1 saturated heterocycles. The topological polar surface area (TPSA) is 211 Å². The van der Waals surface area contributed by atoms with Gasteiger partial charge in [0.05, 0.1) is 31.0 Å². The fourth-order valence-corrected chi connectivity index (χ4v) is 8.91. The van der Waals surface area contributed by atoms with Crippen LogP contribution in [0.1, 0.15) is 80.8 Å². The van der Waals surface area contributed by atoms with E-state index in [0.717, 1.165) is 18.4 Å². The van der Waals surface area contributed by atoms with Crippen molar-refractivity contribution in [1.82, 2.24) is 35.4 Å². The van der Waals surface area contributed by atoms with E-state index in [1.165, 1.54) is 17.2 Å². The smallest absolute Gasteiger partial charge is 0.269 e. The summed E-state index contributed by atoms with van der Waals surface area (Å²) in [5.74, 6) is -1.47. The van der Waals surface area contributed by atoms with Gasteiger partial charge in [-0.2, -0.15) is 5.10 Å². The van der Waals surface area contributed by atoms with Crippen LogP contribution in [0.4, 0.5) is 0 Å². The summed E-state index contributed by atoms with van der Waals surface area (Å²) < 4.78 is 45.9. The summed E-state index contributed by atoms with van der Waals surface area (Å²) in [4.78, 5) is 62.1. The van der Waals surface area contributed by atoms with E-state index in [2.05, 4.69) is 30.5 Å². The summed E-state index contributed by atoms with van der Waals surface area (Å²) in [5, 5.41) is 12.3. The van der Waals surface area contributed by atoms with E-state index in [9.17, 15) is 27.6 Å². The van der Waals surface area contributed by atoms with Crippen LogP contribution in [0.15, 0.2) is 42.6 Å². The number of pyridine rings is 1. The Labute approximate surface area is 319 Å². The fraction of sp³-hybridized carbons (Fsp3) is 0.526. The number of hydrogen-bond acceptors (Lipinski definition) is 11. The number of nitrogens with zero attached hydrogens (tertiary/aromatic N) is 3. The number of nitrogens with one attached hydrogen (secondary N) is 4. The highest BCUT2D eigenvalue weighted by Crippen LogP contribution is 2.46. The molecule has 55 heavy (non-hydrogen) atoms. The zero-order valence-corrected chi connectivity index (χ0v) is 31.9. The molecule has 4 heterocycles. The Balaban J connectivity index is 1.22. The maximum absolute atomic E-state index is 14.6. The SMILES string of the molecule is CCOc1cc(O[C@@H]2C[C@H]3C(=O)N[C@]4(C(=O)NS(=O)(=O)C5CC5)C[C@H]4/C=C\CCCCC[C@H](NC(=O)c4ccn[nH]4)C(=O)N3C2)c2ccc(OC)c(C)c2n1. The van der Waals surface area contributed by atoms with Crippen molar-refractivity contribution in [1.29, 1.82) is 0 Å². The number of aromatic amines is 1. The lowest BCUT2D eigenvalue weighted by atomic mass is 10.0. The van der Waals surface area contributed by atoms with Crippen LogP contribution in [0.25, 0.3) is 10.9 Å². The molecular formula is C38H47N7O9S. The van der Waals surface area contributed by atoms with Crippen molar-refractivity contribution in [3.8, 4) is 17.4 Å². The fourth-order valence-electron chi connectivity index (χ4n) is 7.54. The minimum atomic E-state index is -3.90. The monoisotopic (exact) mass is 777 g/mol. The highest BCUT2D eigenvalue weighted by Gasteiger charge is 2.62. The minimum absolute atomic E-state index is 0.0190. The number of methoxy groups -OCH3 is 1. The van der Waals surface area contributed by atoms with Crippen LogP contribution in [0.5, 0.6) is 17.4 Å². The molecule has 4 N–H and O–H groups in total. The zero-order chi connectivity index (χ0) is 38.9. The average molecular weight is 778 g/mol. The number of carbonyl (C=O) groups excluding carboxylic acids is 4. The third-order valence-electron chi connectivity index (χ3n) is 10.8. The Morgan fingerprint density at radius 3 is 2.64 bits per heavy atom. The first-order valence-electron chi connectivity index (χ1n) is 18.9. The van der Waals surface area contributed by atoms with Gasteiger partial charge >= 0.3 is 0 Å². The first kappa shape index (κ1) is 38.1. The Bertz CT molecular complexity index is 2100. The largest absolute Gasteiger partial charge is 0.496 e. The molecule has 0 radical (unpaired) electrons. The first-order valence-corrected chi connectivity index (χ1v) is 20.4. The quantitative estimate of drug-likeness (QED) is 0.220. The molecule has 7 rings (SSSR count). The number of hydrogen-bond donors (Lipinski definition) is 4. The van der Waals surface area contributed by atoms with Crippen LogP contribution in [-0.4, -0.2) is 101 Å². The molecule has 4 aliphatic rings. The maximum Gasteiger partial charge on any atom is 0.269 e. The van der Waals surface area contributed by atoms with Crippen molar-refractivity contribution in [2.24, 2.45) is 5.92 Å². The van der Waals surface area contributed by atoms with Crippen LogP contribution >= 0.6 is 0 Å². The van der Waals surface area contributed by atoms with Gasteiger partial charge in [-0.05, 0) is 70.6 Å². The minimum Gasteiger partial charge on any atom is -0.496 e. The lowest BCUT2D eigenvalue weighted by Crippen LogP contribution is -2.58. The van der Waals surface area contributed by atoms with Crippen molar-refractivity contribution >= 4 is 44.6 Å². The summed E-state index contributed by atoms with van der Waals surface area (Å²) in [7, 11) is -2.33. The third-order valence-corrected chi connectivity index (χ3v) is 12.6. The van der Waals surface area contributed by atoms with Crippen LogP contribution in [0, 0.1) is 12.8 Å². The number of aromatic nitrogens is 3. The second-order valence-corrected chi connectivity index (χ2v) is 16.6. The molecule has 1 aromatic carbocycles. The highest BCUT2D eigenvalue weighted by atomic mass is 32.2. The van der Waals surface area contributed by atoms with E-state index in [4.69, 9.17) is 14.2 Å². The molecule has 5 atom stereocenters. The van der Waals surface area contributed by atoms with E-state index in [-0.39, 0.29) is 25.1 Å². The van der Waals surface area contributed by atoms with Crippen LogP contribution in [-0.2, 0) is 24.4 Å². The molecule has 2 aliphatic carbocycles. The number of amides is 4. The van der Waals surface area contributed by atoms with Gasteiger partial charge in [-0.15, -0.1) is 0 Å². The molecule has 3 aromatic rings. The summed E-state index contributed by atoms with van der Waals surface area (Å²) in [6.07, 6.45) is 8.91. The van der Waals surface area contributed by atoms with Crippen molar-refractivity contribution in [3.05, 3.63) is 53.9 Å². The molecule has 2 saturated carbocycles. The van der Waals surface area contributed by atoms with Gasteiger partial charge in [-0.1, -0.05) is 25.0 Å². The molecule has 2 aromatic heterocycles. The van der Waals surface area contributed by atoms with Gasteiger partial charge in [-0.25, -0.2) is 13.4 Å². The Hall–Kier alpha value is -5.19. The average Bonchev–Trinajstić information content (AvgIpc) is 4.02. The van der Waals surface area contributed by atoms with Crippen molar-refractivity contribution < 1.29 is 41.8 Å². The molecule has 17 heteroatoms. The molecule has 0 unspecified atom stereocenters. The number of fused-ring (bicyclic) bond motifs is 3. The molecule has 0 spiro atoms. The third kappa shape index (κ3) is 7.97. The Morgan fingerprint density at radius 1 is 1.09 bits per heavy atom. The normalized spacial score (nSPS) is 26.4. The molecule has 294 valence electrons. The molecule has 2 aliphatic heterocycles. The van der Waals surface area contributed by atoms with Gasteiger partial charge in [-0.3, -0.25) is 29.0 Å². The van der Waals surface area contributed by atoms with Gasteiger partial charge in [0.2, 0.25) is 27.7 Å². The Kier molecular flexibility index (Phi) is 10.7. The van der Waals surface area contributed by atoms with Crippen LogP contribution in [0.2, 0.25) is 0 Å². The van der Waals surface area contributed by atoms with E-state index in [1.807, 2.05) is 38.1 Å². The molecular weight excluding hydrogens is 731 g/mol. The van der Waals surface area contributed by atoms with Crippen molar-refractivity contribution in [2.45, 2.75) is 101 Å². The molecule has 4 amide bonds. The van der Waals surface area contributed by atoms with E-state index < -0.39 is 68.5 Å². The number of H-pyrrole nitrogens is 1. The molecule has 3 fully saturated rings. The van der Waals surface area contributed by atoms with E-state index >= 15 is 0 Å². The summed E-state index contributed by atoms with van der Waals surface area (Å²) >= 11 is 0. The lowest BCUT2D eigenvalue weighted by Gasteiger charge is -2.29. The number of rotatable bonds is 10. The number of aryl methyl sites for hydroxylation is 1. The maximum atomic E-state index is 14.6. The first-order chi connectivity index (χ1) is 26.4. The second kappa shape index (κ2) is 15.5. The number of sulfonamides is 1. The van der Waals surface area contributed by atoms with Crippen LogP contribution < -0.4 is 29.6 Å². The lowest BCUT2D eigenvalue weighted by molar-refractivity contribution is -0.141. The van der Waals surface area contributed by atoms with Gasteiger partial charge in [0.1, 0.15) is 40.9 Å². The predicted octanol–water partition coefficient (Wildman–Crippen LogP) is 2.82. The Morgan fingerprint density at radius 2 is 1.91 bits per heavy atom. The van der Waals surface area contributed by atoms with Gasteiger partial charge in [0.15, 0.2) is 0 Å². The summed E-state index contributed by atoms with van der Waals surface area (Å²) in [5.41, 5.74) is 0.0462. The van der Waals surface area contributed by atoms with E-state index in [1.54, 1.807) is 13.2 Å². The van der Waals surface area contributed by atoms with E-state index in [0.29, 0.717) is 67.0 Å². The van der Waals surface area contributed by atoms with Crippen molar-refractivity contribution in [3.63, 3.8) is 0 Å². The summed E-state index contributed by atoms with van der Waals surface area (Å²) in [6.45, 7) is 4.05. The number of ether oxygens (including phenoxy) is 3. The van der Waals surface area contributed by atoms with Crippen molar-refractivity contribution in [2.75, 3.05) is 20.3 Å². The van der Waals surface area contributed by atoms with Crippen LogP contribution in [0.3, 0.4) is 0 Å². The molecule has 0 bridgehead atoms. The van der Waals surface area contributed by atoms with Gasteiger partial charge in [0.25, 0.3) is 11.8 Å².